The number of amides is 3. The van der Waals surface area contributed by atoms with Gasteiger partial charge in [-0.3, -0.25) is 15.0 Å². The van der Waals surface area contributed by atoms with E-state index >= 15 is 0 Å². The van der Waals surface area contributed by atoms with Gasteiger partial charge in [0.05, 0.1) is 39.8 Å². The molecule has 1 aliphatic carbocycles. The Morgan fingerprint density at radius 2 is 1.84 bits per heavy atom. The van der Waals surface area contributed by atoms with Crippen molar-refractivity contribution >= 4 is 40.4 Å². The van der Waals surface area contributed by atoms with Crippen LogP contribution < -0.4 is 10.7 Å². The van der Waals surface area contributed by atoms with Gasteiger partial charge in [-0.25, -0.2) is 9.80 Å². The van der Waals surface area contributed by atoms with E-state index in [1.807, 2.05) is 17.0 Å². The van der Waals surface area contributed by atoms with Crippen LogP contribution >= 0.6 is 11.3 Å². The van der Waals surface area contributed by atoms with Crippen molar-refractivity contribution in [2.24, 2.45) is 10.2 Å². The Bertz CT molecular complexity index is 1320. The molecule has 192 valence electrons. The number of ether oxygens (including phenoxy) is 1. The molecule has 2 aromatic rings. The molecule has 6 rings (SSSR count). The van der Waals surface area contributed by atoms with Gasteiger partial charge in [0.15, 0.2) is 5.78 Å². The first-order valence-electron chi connectivity index (χ1n) is 12.3. The number of hydrogen-bond donors (Lipinski definition) is 2. The maximum absolute atomic E-state index is 13.6. The van der Waals surface area contributed by atoms with Gasteiger partial charge in [0, 0.05) is 39.3 Å². The number of likely N-dealkylation sites (N-methyl/N-ethyl adjacent to an activating group) is 1. The molecule has 0 bridgehead atoms. The van der Waals surface area contributed by atoms with Gasteiger partial charge in [-0.05, 0) is 30.8 Å². The van der Waals surface area contributed by atoms with Crippen molar-refractivity contribution in [3.63, 3.8) is 0 Å². The molecular formula is C25H27N7O4S. The summed E-state index contributed by atoms with van der Waals surface area (Å²) in [4.78, 5) is 44.7. The summed E-state index contributed by atoms with van der Waals surface area (Å²) in [6, 6.07) is 8.06. The van der Waals surface area contributed by atoms with Gasteiger partial charge >= 0.3 is 6.03 Å². The summed E-state index contributed by atoms with van der Waals surface area (Å²) in [7, 11) is 2.05. The normalized spacial score (nSPS) is 21.8. The summed E-state index contributed by atoms with van der Waals surface area (Å²) >= 11 is 1.33. The molecule has 2 fully saturated rings. The number of morpholine rings is 1. The maximum atomic E-state index is 13.6. The zero-order chi connectivity index (χ0) is 25.5. The first-order chi connectivity index (χ1) is 18.0. The zero-order valence-corrected chi connectivity index (χ0v) is 21.2. The van der Waals surface area contributed by atoms with Crippen molar-refractivity contribution in [3.05, 3.63) is 56.8 Å². The van der Waals surface area contributed by atoms with Gasteiger partial charge in [0.1, 0.15) is 11.7 Å². The molecule has 11 nitrogen and oxygen atoms in total. The highest BCUT2D eigenvalue weighted by Crippen LogP contribution is 2.49. The van der Waals surface area contributed by atoms with Crippen LogP contribution in [0.3, 0.4) is 0 Å². The largest absolute Gasteiger partial charge is 0.379 e. The maximum Gasteiger partial charge on any atom is 0.333 e. The first-order valence-corrected chi connectivity index (χ1v) is 13.1. The highest BCUT2D eigenvalue weighted by Gasteiger charge is 2.42. The molecule has 0 radical (unpaired) electrons. The molecule has 1 aromatic carbocycles. The van der Waals surface area contributed by atoms with E-state index in [-0.39, 0.29) is 11.7 Å². The molecule has 2 saturated heterocycles. The molecule has 12 heteroatoms. The van der Waals surface area contributed by atoms with Crippen LogP contribution in [0.25, 0.3) is 5.70 Å². The van der Waals surface area contributed by atoms with E-state index in [9.17, 15) is 14.4 Å². The van der Waals surface area contributed by atoms with Crippen molar-refractivity contribution in [2.45, 2.75) is 6.04 Å². The molecule has 37 heavy (non-hydrogen) atoms. The average Bonchev–Trinajstić information content (AvgIpc) is 3.62. The summed E-state index contributed by atoms with van der Waals surface area (Å²) in [6.45, 7) is 5.38. The molecule has 1 atom stereocenters. The molecule has 1 unspecified atom stereocenters. The van der Waals surface area contributed by atoms with E-state index in [1.54, 1.807) is 23.2 Å². The highest BCUT2D eigenvalue weighted by molar-refractivity contribution is 7.15. The zero-order valence-electron chi connectivity index (χ0n) is 20.4. The molecule has 1 aromatic heterocycles. The third-order valence-electron chi connectivity index (χ3n) is 7.02. The number of nitrogens with zero attached hydrogens (tertiary/aromatic N) is 5. The van der Waals surface area contributed by atoms with Crippen LogP contribution in [0, 0.1) is 0 Å². The van der Waals surface area contributed by atoms with Crippen molar-refractivity contribution in [1.82, 2.24) is 20.2 Å². The second-order valence-corrected chi connectivity index (χ2v) is 10.5. The number of urea groups is 1. The molecule has 3 aliphatic heterocycles. The highest BCUT2D eigenvalue weighted by atomic mass is 32.1. The summed E-state index contributed by atoms with van der Waals surface area (Å²) in [6.07, 6.45) is 0. The van der Waals surface area contributed by atoms with E-state index in [4.69, 9.17) is 4.74 Å². The number of carbonyl (C=O) groups is 3. The number of ketones is 1. The second-order valence-electron chi connectivity index (χ2n) is 9.40. The Morgan fingerprint density at radius 3 is 2.62 bits per heavy atom. The monoisotopic (exact) mass is 521 g/mol. The number of hydrazine groups is 1. The van der Waals surface area contributed by atoms with Crippen LogP contribution in [-0.2, 0) is 4.74 Å². The molecule has 4 heterocycles. The van der Waals surface area contributed by atoms with E-state index < -0.39 is 12.1 Å². The van der Waals surface area contributed by atoms with Crippen LogP contribution in [0.5, 0.6) is 0 Å². The predicted octanol–water partition coefficient (Wildman–Crippen LogP) is 2.62. The number of benzene rings is 1. The minimum Gasteiger partial charge on any atom is -0.379 e. The standard InChI is InChI=1S/C25H27N7O4S/c1-30-7-9-31(10-8-30)24(34)18-6-5-17(37-18)22-20-21(27-28-22)15-3-2-4-16(19(15)23(20)33)26-25(35)29-32-11-13-36-14-12-32/h2-6,21H,7-14H2,1H3,(H2,26,29,35). The summed E-state index contributed by atoms with van der Waals surface area (Å²) in [5.41, 5.74) is 5.36. The lowest BCUT2D eigenvalue weighted by molar-refractivity contribution is 0.0207. The Morgan fingerprint density at radius 1 is 1.05 bits per heavy atom. The van der Waals surface area contributed by atoms with Gasteiger partial charge in [-0.1, -0.05) is 12.1 Å². The molecular weight excluding hydrogens is 494 g/mol. The minimum absolute atomic E-state index is 0.000219. The Hall–Kier alpha value is -3.45. The third kappa shape index (κ3) is 4.46. The number of anilines is 1. The molecule has 0 saturated carbocycles. The number of piperazine rings is 1. The van der Waals surface area contributed by atoms with Gasteiger partial charge in [0.25, 0.3) is 5.91 Å². The Labute approximate surface area is 217 Å². The van der Waals surface area contributed by atoms with E-state index in [0.29, 0.717) is 72.4 Å². The summed E-state index contributed by atoms with van der Waals surface area (Å²) < 4.78 is 5.31. The quantitative estimate of drug-likeness (QED) is 0.639. The topological polar surface area (TPSA) is 119 Å². The number of rotatable bonds is 4. The lowest BCUT2D eigenvalue weighted by Gasteiger charge is -2.32. The lowest BCUT2D eigenvalue weighted by atomic mass is 10.1. The molecule has 0 spiro atoms. The molecule has 2 N–H and O–H groups in total. The lowest BCUT2D eigenvalue weighted by Crippen LogP contribution is -2.49. The average molecular weight is 522 g/mol. The van der Waals surface area contributed by atoms with Gasteiger partial charge < -0.3 is 19.9 Å². The predicted molar refractivity (Wildman–Crippen MR) is 138 cm³/mol. The van der Waals surface area contributed by atoms with Crippen molar-refractivity contribution in [3.8, 4) is 0 Å². The number of hydrogen-bond acceptors (Lipinski definition) is 9. The van der Waals surface area contributed by atoms with Crippen LogP contribution in [0.2, 0.25) is 0 Å². The van der Waals surface area contributed by atoms with Crippen molar-refractivity contribution in [2.75, 3.05) is 64.8 Å². The van der Waals surface area contributed by atoms with Crippen LogP contribution in [0.15, 0.2) is 46.1 Å². The molecule has 3 amide bonds. The number of fused-ring (bicyclic) bond motifs is 3. The Kier molecular flexibility index (Phi) is 6.32. The van der Waals surface area contributed by atoms with Crippen molar-refractivity contribution in [1.29, 1.82) is 0 Å². The molecule has 4 aliphatic rings. The number of azo groups is 1. The van der Waals surface area contributed by atoms with Gasteiger partial charge in [0.2, 0.25) is 0 Å². The fraction of sp³-hybridized carbons (Fsp3) is 0.400. The minimum atomic E-state index is -0.513. The Balaban J connectivity index is 1.23. The second kappa shape index (κ2) is 9.78. The van der Waals surface area contributed by atoms with E-state index in [1.165, 1.54) is 11.3 Å². The summed E-state index contributed by atoms with van der Waals surface area (Å²) in [5.74, 6) is -0.206. The fourth-order valence-electron chi connectivity index (χ4n) is 4.99. The smallest absolute Gasteiger partial charge is 0.333 e. The van der Waals surface area contributed by atoms with Crippen LogP contribution in [0.1, 0.15) is 36.5 Å². The van der Waals surface area contributed by atoms with Gasteiger partial charge in [-0.2, -0.15) is 10.2 Å². The van der Waals surface area contributed by atoms with Crippen molar-refractivity contribution < 1.29 is 19.1 Å². The fourth-order valence-corrected chi connectivity index (χ4v) is 5.97. The number of Topliss-reactive ketones (excluding diaryl/α,β-unsaturated/α-hetero) is 1. The number of nitrogens with one attached hydrogen (secondary N) is 2. The number of thiophene rings is 1. The summed E-state index contributed by atoms with van der Waals surface area (Å²) in [5, 5.41) is 13.4. The SMILES string of the molecule is CN1CCN(C(=O)c2ccc(C3=C4C(=O)c5c(NC(=O)NN6CCOCC6)cccc5C4N=N3)s2)CC1. The van der Waals surface area contributed by atoms with E-state index in [2.05, 4.69) is 32.9 Å². The third-order valence-corrected chi connectivity index (χ3v) is 8.10. The van der Waals surface area contributed by atoms with Gasteiger partial charge in [-0.15, -0.1) is 11.3 Å². The van der Waals surface area contributed by atoms with E-state index in [0.717, 1.165) is 18.0 Å². The first kappa shape index (κ1) is 23.9. The van der Waals surface area contributed by atoms with Crippen LogP contribution in [0.4, 0.5) is 10.5 Å². The van der Waals surface area contributed by atoms with Crippen LogP contribution in [-0.4, -0.2) is 92.1 Å². The number of carbonyl (C=O) groups excluding carboxylic acids is 3.